The Hall–Kier alpha value is -1.69. The minimum absolute atomic E-state index is 0.0234. The van der Waals surface area contributed by atoms with Crippen LogP contribution in [-0.2, 0) is 13.5 Å². The number of anilines is 1. The Bertz CT molecular complexity index is 513. The summed E-state index contributed by atoms with van der Waals surface area (Å²) in [5.74, 6) is -0.394. The maximum Gasteiger partial charge on any atom is 0.224 e. The zero-order valence-electron chi connectivity index (χ0n) is 9.19. The van der Waals surface area contributed by atoms with Crippen LogP contribution in [0.5, 0.6) is 0 Å². The van der Waals surface area contributed by atoms with E-state index in [2.05, 4.69) is 20.4 Å². The fraction of sp³-hybridized carbons (Fsp3) is 0.300. The van der Waals surface area contributed by atoms with Crippen LogP contribution in [-0.4, -0.2) is 26.3 Å². The molecule has 2 rings (SSSR count). The highest BCUT2D eigenvalue weighted by Gasteiger charge is 2.05. The van der Waals surface area contributed by atoms with E-state index in [0.717, 1.165) is 18.2 Å². The third kappa shape index (κ3) is 3.13. The summed E-state index contributed by atoms with van der Waals surface area (Å²) < 4.78 is 15.0. The first-order valence-corrected chi connectivity index (χ1v) is 5.42. The van der Waals surface area contributed by atoms with E-state index in [1.54, 1.807) is 10.9 Å². The monoisotopic (exact) mass is 255 g/mol. The summed E-state index contributed by atoms with van der Waals surface area (Å²) >= 11 is 5.57. The zero-order valence-corrected chi connectivity index (χ0v) is 9.95. The molecule has 0 atom stereocenters. The zero-order chi connectivity index (χ0) is 12.3. The van der Waals surface area contributed by atoms with E-state index >= 15 is 0 Å². The number of aromatic nitrogens is 4. The van der Waals surface area contributed by atoms with Crippen LogP contribution in [0.1, 0.15) is 5.56 Å². The molecule has 2 heterocycles. The topological polar surface area (TPSA) is 55.6 Å². The van der Waals surface area contributed by atoms with Gasteiger partial charge in [0.25, 0.3) is 0 Å². The van der Waals surface area contributed by atoms with Crippen LogP contribution in [0.4, 0.5) is 10.2 Å². The molecule has 7 heteroatoms. The molecular weight excluding hydrogens is 245 g/mol. The van der Waals surface area contributed by atoms with Crippen molar-refractivity contribution in [3.05, 3.63) is 35.3 Å². The lowest BCUT2D eigenvalue weighted by atomic mass is 10.2. The number of nitrogens with one attached hydrogen (secondary N) is 1. The van der Waals surface area contributed by atoms with Crippen LogP contribution in [0.3, 0.4) is 0 Å². The minimum Gasteiger partial charge on any atom is -0.367 e. The molecule has 0 aliphatic rings. The Kier molecular flexibility index (Phi) is 3.53. The number of hydrogen-bond donors (Lipinski definition) is 1. The number of halogens is 2. The summed E-state index contributed by atoms with van der Waals surface area (Å²) in [4.78, 5) is 7.29. The predicted octanol–water partition coefficient (Wildman–Crippen LogP) is 1.66. The molecule has 0 bridgehead atoms. The lowest BCUT2D eigenvalue weighted by Crippen LogP contribution is -2.08. The standard InChI is InChI=1S/C10H11ClFN5/c1-17-6-7(4-15-17)2-3-13-9-8(12)5-14-10(11)16-9/h4-6H,2-3H2,1H3,(H,13,14,16). The highest BCUT2D eigenvalue weighted by molar-refractivity contribution is 6.28. The minimum atomic E-state index is -0.513. The fourth-order valence-electron chi connectivity index (χ4n) is 1.40. The Morgan fingerprint density at radius 3 is 3.00 bits per heavy atom. The van der Waals surface area contributed by atoms with Crippen molar-refractivity contribution in [2.45, 2.75) is 6.42 Å². The van der Waals surface area contributed by atoms with Crippen LogP contribution >= 0.6 is 11.6 Å². The van der Waals surface area contributed by atoms with E-state index in [0.29, 0.717) is 6.54 Å². The first-order chi connectivity index (χ1) is 8.15. The van der Waals surface area contributed by atoms with Crippen LogP contribution in [0.25, 0.3) is 0 Å². The van der Waals surface area contributed by atoms with E-state index in [9.17, 15) is 4.39 Å². The maximum absolute atomic E-state index is 13.2. The molecule has 2 aromatic rings. The number of hydrogen-bond acceptors (Lipinski definition) is 4. The van der Waals surface area contributed by atoms with Crippen molar-refractivity contribution in [2.24, 2.45) is 7.05 Å². The summed E-state index contributed by atoms with van der Waals surface area (Å²) in [7, 11) is 1.85. The molecule has 0 radical (unpaired) electrons. The average Bonchev–Trinajstić information content (AvgIpc) is 2.69. The van der Waals surface area contributed by atoms with Gasteiger partial charge in [0.15, 0.2) is 11.6 Å². The van der Waals surface area contributed by atoms with Crippen molar-refractivity contribution in [1.82, 2.24) is 19.7 Å². The Labute approximate surface area is 103 Å². The maximum atomic E-state index is 13.2. The lowest BCUT2D eigenvalue weighted by Gasteiger charge is -2.05. The molecule has 0 spiro atoms. The van der Waals surface area contributed by atoms with Gasteiger partial charge in [-0.25, -0.2) is 9.37 Å². The van der Waals surface area contributed by atoms with E-state index < -0.39 is 5.82 Å². The molecule has 0 saturated carbocycles. The van der Waals surface area contributed by atoms with Gasteiger partial charge in [-0.15, -0.1) is 0 Å². The van der Waals surface area contributed by atoms with Crippen molar-refractivity contribution < 1.29 is 4.39 Å². The number of nitrogens with zero attached hydrogens (tertiary/aromatic N) is 4. The Balaban J connectivity index is 1.91. The summed E-state index contributed by atoms with van der Waals surface area (Å²) in [6.07, 6.45) is 5.45. The van der Waals surface area contributed by atoms with Gasteiger partial charge in [0.1, 0.15) is 0 Å². The van der Waals surface area contributed by atoms with Crippen molar-refractivity contribution in [3.63, 3.8) is 0 Å². The van der Waals surface area contributed by atoms with Crippen LogP contribution in [0.15, 0.2) is 18.6 Å². The Morgan fingerprint density at radius 2 is 2.29 bits per heavy atom. The Morgan fingerprint density at radius 1 is 1.47 bits per heavy atom. The van der Waals surface area contributed by atoms with Crippen molar-refractivity contribution in [1.29, 1.82) is 0 Å². The summed E-state index contributed by atoms with van der Waals surface area (Å²) in [6.45, 7) is 0.552. The van der Waals surface area contributed by atoms with E-state index in [1.807, 2.05) is 13.2 Å². The van der Waals surface area contributed by atoms with Gasteiger partial charge in [-0.05, 0) is 23.6 Å². The first kappa shape index (κ1) is 11.8. The second kappa shape index (κ2) is 5.09. The third-order valence-electron chi connectivity index (χ3n) is 2.18. The molecule has 5 nitrogen and oxygen atoms in total. The third-order valence-corrected chi connectivity index (χ3v) is 2.36. The lowest BCUT2D eigenvalue weighted by molar-refractivity contribution is 0.616. The van der Waals surface area contributed by atoms with Crippen molar-refractivity contribution >= 4 is 17.4 Å². The average molecular weight is 256 g/mol. The predicted molar refractivity (Wildman–Crippen MR) is 62.4 cm³/mol. The first-order valence-electron chi connectivity index (χ1n) is 5.04. The smallest absolute Gasteiger partial charge is 0.224 e. The van der Waals surface area contributed by atoms with Crippen LogP contribution in [0, 0.1) is 5.82 Å². The van der Waals surface area contributed by atoms with Gasteiger partial charge in [0.2, 0.25) is 5.28 Å². The summed E-state index contributed by atoms with van der Waals surface area (Å²) in [5.41, 5.74) is 1.07. The molecule has 0 aromatic carbocycles. The largest absolute Gasteiger partial charge is 0.367 e. The molecule has 0 unspecified atom stereocenters. The molecule has 0 aliphatic carbocycles. The van der Waals surface area contributed by atoms with Gasteiger partial charge in [-0.3, -0.25) is 4.68 Å². The molecule has 0 aliphatic heterocycles. The molecule has 0 saturated heterocycles. The van der Waals surface area contributed by atoms with Gasteiger partial charge >= 0.3 is 0 Å². The molecule has 90 valence electrons. The van der Waals surface area contributed by atoms with Crippen LogP contribution in [0.2, 0.25) is 5.28 Å². The molecule has 2 aromatic heterocycles. The highest BCUT2D eigenvalue weighted by atomic mass is 35.5. The normalized spacial score (nSPS) is 10.5. The van der Waals surface area contributed by atoms with Crippen LogP contribution < -0.4 is 5.32 Å². The summed E-state index contributed by atoms with van der Waals surface area (Å²) in [5, 5.41) is 6.93. The molecule has 1 N–H and O–H groups in total. The van der Waals surface area contributed by atoms with Gasteiger partial charge in [0.05, 0.1) is 12.4 Å². The molecule has 0 amide bonds. The second-order valence-electron chi connectivity index (χ2n) is 3.53. The highest BCUT2D eigenvalue weighted by Crippen LogP contribution is 2.11. The van der Waals surface area contributed by atoms with E-state index in [-0.39, 0.29) is 11.1 Å². The molecular formula is C10H11ClFN5. The fourth-order valence-corrected chi connectivity index (χ4v) is 1.53. The van der Waals surface area contributed by atoms with Gasteiger partial charge < -0.3 is 5.32 Å². The van der Waals surface area contributed by atoms with E-state index in [4.69, 9.17) is 11.6 Å². The quantitative estimate of drug-likeness (QED) is 0.845. The van der Waals surface area contributed by atoms with Gasteiger partial charge in [-0.1, -0.05) is 0 Å². The number of aryl methyl sites for hydroxylation is 1. The van der Waals surface area contributed by atoms with Crippen molar-refractivity contribution in [2.75, 3.05) is 11.9 Å². The van der Waals surface area contributed by atoms with E-state index in [1.165, 1.54) is 0 Å². The summed E-state index contributed by atoms with van der Waals surface area (Å²) in [6, 6.07) is 0. The SMILES string of the molecule is Cn1cc(CCNc2nc(Cl)ncc2F)cn1. The second-order valence-corrected chi connectivity index (χ2v) is 3.87. The van der Waals surface area contributed by atoms with Gasteiger partial charge in [-0.2, -0.15) is 10.1 Å². The molecule has 17 heavy (non-hydrogen) atoms. The molecule has 0 fully saturated rings. The number of rotatable bonds is 4. The van der Waals surface area contributed by atoms with Gasteiger partial charge in [0, 0.05) is 19.8 Å². The van der Waals surface area contributed by atoms with Crippen molar-refractivity contribution in [3.8, 4) is 0 Å².